The summed E-state index contributed by atoms with van der Waals surface area (Å²) in [7, 11) is 0. The average molecular weight is 317 g/mol. The number of carbonyl (C=O) groups is 1. The van der Waals surface area contributed by atoms with Crippen LogP contribution in [0.4, 0.5) is 5.69 Å². The monoisotopic (exact) mass is 316 g/mol. The number of amides is 1. The van der Waals surface area contributed by atoms with Crippen LogP contribution >= 0.6 is 11.6 Å². The number of fused-ring (bicyclic) bond motifs is 1. The molecule has 5 heteroatoms. The normalized spacial score (nSPS) is 14.9. The van der Waals surface area contributed by atoms with Crippen molar-refractivity contribution in [2.24, 2.45) is 0 Å². The summed E-state index contributed by atoms with van der Waals surface area (Å²) in [6, 6.07) is 7.15. The maximum atomic E-state index is 12.7. The van der Waals surface area contributed by atoms with E-state index in [-0.39, 0.29) is 5.91 Å². The van der Waals surface area contributed by atoms with Crippen molar-refractivity contribution in [3.05, 3.63) is 58.4 Å². The standard InChI is InChI=1S/C17H17ClN2O2/c1-17(2,22)12-8-14(10-19-9-12)20-6-5-11-7-13(18)3-4-15(11)16(20)21/h3-4,7-10,22H,5-6H2,1-2H3. The molecule has 0 aliphatic carbocycles. The topological polar surface area (TPSA) is 53.4 Å². The molecule has 1 amide bonds. The van der Waals surface area contributed by atoms with Gasteiger partial charge in [0.25, 0.3) is 5.91 Å². The largest absolute Gasteiger partial charge is 0.386 e. The van der Waals surface area contributed by atoms with E-state index in [0.717, 1.165) is 12.0 Å². The summed E-state index contributed by atoms with van der Waals surface area (Å²) in [5.74, 6) is -0.0624. The molecule has 1 aliphatic heterocycles. The van der Waals surface area contributed by atoms with Gasteiger partial charge in [-0.15, -0.1) is 0 Å². The predicted octanol–water partition coefficient (Wildman–Crippen LogP) is 3.17. The lowest BCUT2D eigenvalue weighted by Crippen LogP contribution is -2.37. The Labute approximate surface area is 134 Å². The molecule has 0 saturated heterocycles. The molecule has 1 N–H and O–H groups in total. The molecule has 4 nitrogen and oxygen atoms in total. The second-order valence-corrected chi connectivity index (χ2v) is 6.44. The number of hydrogen-bond acceptors (Lipinski definition) is 3. The van der Waals surface area contributed by atoms with Crippen molar-refractivity contribution in [1.29, 1.82) is 0 Å². The zero-order valence-electron chi connectivity index (χ0n) is 12.5. The lowest BCUT2D eigenvalue weighted by molar-refractivity contribution is 0.0781. The van der Waals surface area contributed by atoms with E-state index in [0.29, 0.717) is 28.4 Å². The van der Waals surface area contributed by atoms with Crippen molar-refractivity contribution in [2.45, 2.75) is 25.9 Å². The summed E-state index contributed by atoms with van der Waals surface area (Å²) in [5.41, 5.74) is 2.03. The maximum absolute atomic E-state index is 12.7. The van der Waals surface area contributed by atoms with E-state index in [9.17, 15) is 9.90 Å². The van der Waals surface area contributed by atoms with E-state index in [2.05, 4.69) is 4.98 Å². The first-order valence-electron chi connectivity index (χ1n) is 7.14. The highest BCUT2D eigenvalue weighted by Gasteiger charge is 2.27. The number of hydrogen-bond donors (Lipinski definition) is 1. The molecular formula is C17H17ClN2O2. The predicted molar refractivity (Wildman–Crippen MR) is 86.3 cm³/mol. The minimum Gasteiger partial charge on any atom is -0.386 e. The number of benzene rings is 1. The zero-order chi connectivity index (χ0) is 15.9. The number of aliphatic hydroxyl groups is 1. The summed E-state index contributed by atoms with van der Waals surface area (Å²) in [4.78, 5) is 18.5. The average Bonchev–Trinajstić information content (AvgIpc) is 2.46. The van der Waals surface area contributed by atoms with E-state index in [1.54, 1.807) is 43.3 Å². The Balaban J connectivity index is 1.97. The number of rotatable bonds is 2. The molecule has 0 saturated carbocycles. The molecule has 0 radical (unpaired) electrons. The van der Waals surface area contributed by atoms with Gasteiger partial charge in [-0.3, -0.25) is 9.78 Å². The molecule has 22 heavy (non-hydrogen) atoms. The molecule has 1 aromatic heterocycles. The lowest BCUT2D eigenvalue weighted by Gasteiger charge is -2.29. The van der Waals surface area contributed by atoms with Crippen molar-refractivity contribution in [3.8, 4) is 0 Å². The molecule has 2 heterocycles. The first-order chi connectivity index (χ1) is 10.4. The van der Waals surface area contributed by atoms with Crippen molar-refractivity contribution in [3.63, 3.8) is 0 Å². The molecule has 3 rings (SSSR count). The van der Waals surface area contributed by atoms with E-state index in [1.807, 2.05) is 12.1 Å². The molecular weight excluding hydrogens is 300 g/mol. The molecule has 0 bridgehead atoms. The van der Waals surface area contributed by atoms with Gasteiger partial charge in [0.15, 0.2) is 0 Å². The van der Waals surface area contributed by atoms with Crippen LogP contribution < -0.4 is 4.90 Å². The summed E-state index contributed by atoms with van der Waals surface area (Å²) < 4.78 is 0. The van der Waals surface area contributed by atoms with Gasteiger partial charge in [0.05, 0.1) is 17.5 Å². The number of halogens is 1. The van der Waals surface area contributed by atoms with Crippen molar-refractivity contribution in [1.82, 2.24) is 4.98 Å². The molecule has 1 aliphatic rings. The lowest BCUT2D eigenvalue weighted by atomic mass is 9.97. The van der Waals surface area contributed by atoms with E-state index in [4.69, 9.17) is 11.6 Å². The third kappa shape index (κ3) is 2.72. The third-order valence-corrected chi connectivity index (χ3v) is 4.12. The van der Waals surface area contributed by atoms with Crippen LogP contribution in [0.15, 0.2) is 36.7 Å². The Morgan fingerprint density at radius 3 is 2.77 bits per heavy atom. The summed E-state index contributed by atoms with van der Waals surface area (Å²) in [5, 5.41) is 10.8. The zero-order valence-corrected chi connectivity index (χ0v) is 13.3. The highest BCUT2D eigenvalue weighted by atomic mass is 35.5. The summed E-state index contributed by atoms with van der Waals surface area (Å²) in [6.45, 7) is 3.97. The molecule has 2 aromatic rings. The number of carbonyl (C=O) groups excluding carboxylic acids is 1. The second kappa shape index (κ2) is 5.38. The van der Waals surface area contributed by atoms with Crippen LogP contribution in [-0.4, -0.2) is 22.5 Å². The van der Waals surface area contributed by atoms with Crippen molar-refractivity contribution >= 4 is 23.2 Å². The highest BCUT2D eigenvalue weighted by Crippen LogP contribution is 2.28. The van der Waals surface area contributed by atoms with Gasteiger partial charge in [0.2, 0.25) is 0 Å². The molecule has 114 valence electrons. The highest BCUT2D eigenvalue weighted by molar-refractivity contribution is 6.30. The number of aromatic nitrogens is 1. The molecule has 0 fully saturated rings. The minimum atomic E-state index is -0.993. The second-order valence-electron chi connectivity index (χ2n) is 6.00. The molecule has 0 spiro atoms. The SMILES string of the molecule is CC(C)(O)c1cncc(N2CCc3cc(Cl)ccc3C2=O)c1. The van der Waals surface area contributed by atoms with Crippen LogP contribution in [0.5, 0.6) is 0 Å². The Kier molecular flexibility index (Phi) is 3.67. The van der Waals surface area contributed by atoms with Gasteiger partial charge in [-0.1, -0.05) is 11.6 Å². The Morgan fingerprint density at radius 2 is 2.05 bits per heavy atom. The minimum absolute atomic E-state index is 0.0624. The van der Waals surface area contributed by atoms with Gasteiger partial charge in [0, 0.05) is 28.9 Å². The Morgan fingerprint density at radius 1 is 1.27 bits per heavy atom. The fourth-order valence-electron chi connectivity index (χ4n) is 2.61. The van der Waals surface area contributed by atoms with Crippen LogP contribution in [0.1, 0.15) is 35.3 Å². The van der Waals surface area contributed by atoms with Crippen LogP contribution in [0, 0.1) is 0 Å². The Bertz CT molecular complexity index is 738. The first-order valence-corrected chi connectivity index (χ1v) is 7.52. The van der Waals surface area contributed by atoms with Crippen LogP contribution in [0.2, 0.25) is 5.02 Å². The van der Waals surface area contributed by atoms with Crippen LogP contribution in [-0.2, 0) is 12.0 Å². The number of nitrogens with zero attached hydrogens (tertiary/aromatic N) is 2. The first kappa shape index (κ1) is 15.0. The van der Waals surface area contributed by atoms with E-state index in [1.165, 1.54) is 0 Å². The summed E-state index contributed by atoms with van der Waals surface area (Å²) >= 11 is 5.99. The van der Waals surface area contributed by atoms with Gasteiger partial charge >= 0.3 is 0 Å². The van der Waals surface area contributed by atoms with E-state index >= 15 is 0 Å². The third-order valence-electron chi connectivity index (χ3n) is 3.89. The van der Waals surface area contributed by atoms with Crippen molar-refractivity contribution in [2.75, 3.05) is 11.4 Å². The van der Waals surface area contributed by atoms with Gasteiger partial charge in [-0.05, 0) is 50.1 Å². The molecule has 0 atom stereocenters. The van der Waals surface area contributed by atoms with Gasteiger partial charge in [0.1, 0.15) is 0 Å². The van der Waals surface area contributed by atoms with Crippen LogP contribution in [0.25, 0.3) is 0 Å². The van der Waals surface area contributed by atoms with Gasteiger partial charge in [-0.25, -0.2) is 0 Å². The quantitative estimate of drug-likeness (QED) is 0.926. The van der Waals surface area contributed by atoms with E-state index < -0.39 is 5.60 Å². The number of anilines is 1. The number of pyridine rings is 1. The van der Waals surface area contributed by atoms with Gasteiger partial charge in [-0.2, -0.15) is 0 Å². The van der Waals surface area contributed by atoms with Gasteiger partial charge < -0.3 is 10.0 Å². The van der Waals surface area contributed by atoms with Crippen molar-refractivity contribution < 1.29 is 9.90 Å². The molecule has 0 unspecified atom stereocenters. The summed E-state index contributed by atoms with van der Waals surface area (Å²) in [6.07, 6.45) is 4.01. The fraction of sp³-hybridized carbons (Fsp3) is 0.294. The smallest absolute Gasteiger partial charge is 0.258 e. The maximum Gasteiger partial charge on any atom is 0.258 e. The Hall–Kier alpha value is -1.91. The molecule has 1 aromatic carbocycles. The fourth-order valence-corrected chi connectivity index (χ4v) is 2.81. The van der Waals surface area contributed by atoms with Crippen LogP contribution in [0.3, 0.4) is 0 Å².